The summed E-state index contributed by atoms with van der Waals surface area (Å²) in [7, 11) is -1.26. The first-order valence-electron chi connectivity index (χ1n) is 15.1. The fourth-order valence-corrected chi connectivity index (χ4v) is 8.74. The Morgan fingerprint density at radius 1 is 1.21 bits per heavy atom. The Labute approximate surface area is 249 Å². The Kier molecular flexibility index (Phi) is 9.39. The maximum Gasteiger partial charge on any atom is 0.228 e. The minimum atomic E-state index is -2.92. The van der Waals surface area contributed by atoms with Crippen LogP contribution in [-0.4, -0.2) is 73.9 Å². The molecule has 0 aliphatic carbocycles. The first-order valence-corrected chi connectivity index (χ1v) is 18.2. The number of benzene rings is 2. The lowest BCUT2D eigenvalue weighted by Crippen LogP contribution is -2.52. The molecular weight excluding hydrogens is 550 g/mol. The largest absolute Gasteiger partial charge is 0.490 e. The lowest BCUT2D eigenvalue weighted by molar-refractivity contribution is -0.137. The predicted molar refractivity (Wildman–Crippen MR) is 164 cm³/mol. The van der Waals surface area contributed by atoms with Crippen LogP contribution in [0.2, 0.25) is 18.6 Å². The fraction of sp³-hybridized carbons (Fsp3) is 0.562. The van der Waals surface area contributed by atoms with E-state index in [1.807, 2.05) is 56.4 Å². The maximum absolute atomic E-state index is 13.9. The van der Waals surface area contributed by atoms with Crippen molar-refractivity contribution in [3.63, 3.8) is 0 Å². The number of methoxy groups -OCH3 is 1. The summed E-state index contributed by atoms with van der Waals surface area (Å²) >= 11 is 0. The Morgan fingerprint density at radius 2 is 1.98 bits per heavy atom. The van der Waals surface area contributed by atoms with Crippen LogP contribution in [0.15, 0.2) is 42.5 Å². The van der Waals surface area contributed by atoms with Crippen LogP contribution in [-0.2, 0) is 27.3 Å². The van der Waals surface area contributed by atoms with E-state index in [1.165, 1.54) is 0 Å². The molecule has 2 aromatic carbocycles. The van der Waals surface area contributed by atoms with Gasteiger partial charge in [-0.25, -0.2) is 0 Å². The molecule has 2 aromatic rings. The number of rotatable bonds is 8. The van der Waals surface area contributed by atoms with Crippen molar-refractivity contribution in [3.05, 3.63) is 59.2 Å². The minimum absolute atomic E-state index is 0.00638. The number of carbonyl (C=O) groups excluding carboxylic acids is 2. The second kappa shape index (κ2) is 12.8. The molecule has 0 aromatic heterocycles. The van der Waals surface area contributed by atoms with Crippen molar-refractivity contribution >= 4 is 25.8 Å². The molecule has 42 heavy (non-hydrogen) atoms. The highest BCUT2D eigenvalue weighted by Gasteiger charge is 2.48. The van der Waals surface area contributed by atoms with Gasteiger partial charge in [0.05, 0.1) is 24.7 Å². The van der Waals surface area contributed by atoms with Gasteiger partial charge in [-0.1, -0.05) is 31.2 Å². The molecule has 3 heterocycles. The third kappa shape index (κ3) is 6.43. The van der Waals surface area contributed by atoms with Gasteiger partial charge in [0.15, 0.2) is 8.32 Å². The Hall–Kier alpha value is -2.76. The zero-order valence-corrected chi connectivity index (χ0v) is 26.1. The first kappa shape index (κ1) is 30.7. The van der Waals surface area contributed by atoms with Crippen LogP contribution in [0.5, 0.6) is 5.75 Å². The summed E-state index contributed by atoms with van der Waals surface area (Å²) in [6.07, 6.45) is 1.80. The lowest BCUT2D eigenvalue weighted by atomic mass is 9.86. The fourth-order valence-electron chi connectivity index (χ4n) is 6.89. The van der Waals surface area contributed by atoms with E-state index in [1.54, 1.807) is 12.0 Å². The van der Waals surface area contributed by atoms with E-state index in [0.717, 1.165) is 36.1 Å². The second-order valence-electron chi connectivity index (χ2n) is 12.7. The van der Waals surface area contributed by atoms with Gasteiger partial charge >= 0.3 is 0 Å². The number of hydrogen-bond acceptors (Lipinski definition) is 7. The number of aliphatic hydroxyl groups is 1. The van der Waals surface area contributed by atoms with Crippen LogP contribution in [0.25, 0.3) is 0 Å². The summed E-state index contributed by atoms with van der Waals surface area (Å²) in [5, 5.41) is 16.5. The number of ether oxygens (including phenoxy) is 2. The van der Waals surface area contributed by atoms with Gasteiger partial charge in [0.1, 0.15) is 11.9 Å². The number of aliphatic hydroxyl groups excluding tert-OH is 1. The molecule has 10 heteroatoms. The van der Waals surface area contributed by atoms with Crippen LogP contribution in [0, 0.1) is 11.8 Å². The van der Waals surface area contributed by atoms with Crippen LogP contribution < -0.4 is 15.4 Å². The summed E-state index contributed by atoms with van der Waals surface area (Å²) in [6.45, 7) is 7.70. The van der Waals surface area contributed by atoms with Gasteiger partial charge in [-0.2, -0.15) is 0 Å². The zero-order valence-electron chi connectivity index (χ0n) is 25.1. The van der Waals surface area contributed by atoms with Gasteiger partial charge in [0.2, 0.25) is 11.8 Å². The molecule has 0 saturated carbocycles. The summed E-state index contributed by atoms with van der Waals surface area (Å²) < 4.78 is 12.6. The molecular formula is C32H45N3O6Si. The number of piperidine rings is 1. The van der Waals surface area contributed by atoms with Crippen molar-refractivity contribution in [2.45, 2.75) is 76.0 Å². The van der Waals surface area contributed by atoms with Gasteiger partial charge in [-0.15, -0.1) is 0 Å². The molecule has 2 amide bonds. The monoisotopic (exact) mass is 595 g/mol. The quantitative estimate of drug-likeness (QED) is 0.344. The number of fused-ring (bicyclic) bond motifs is 2. The highest BCUT2D eigenvalue weighted by molar-refractivity contribution is 6.71. The van der Waals surface area contributed by atoms with Crippen molar-refractivity contribution in [2.75, 3.05) is 32.1 Å². The minimum Gasteiger partial charge on any atom is -0.490 e. The zero-order chi connectivity index (χ0) is 30.0. The van der Waals surface area contributed by atoms with Gasteiger partial charge in [-0.05, 0) is 68.2 Å². The second-order valence-corrected chi connectivity index (χ2v) is 16.7. The topological polar surface area (TPSA) is 120 Å². The summed E-state index contributed by atoms with van der Waals surface area (Å²) in [4.78, 5) is 40.0. The third-order valence-electron chi connectivity index (χ3n) is 9.35. The number of amides is 2. The molecule has 0 bridgehead atoms. The molecule has 1 saturated heterocycles. The Morgan fingerprint density at radius 3 is 2.64 bits per heavy atom. The van der Waals surface area contributed by atoms with Gasteiger partial charge in [-0.3, -0.25) is 9.59 Å². The molecule has 5 rings (SSSR count). The van der Waals surface area contributed by atoms with Crippen molar-refractivity contribution in [3.8, 4) is 5.75 Å². The number of nitrogens with one attached hydrogen (secondary N) is 2. The Bertz CT molecular complexity index is 1280. The molecule has 3 aliphatic rings. The average molecular weight is 596 g/mol. The standard InChI is InChI=1S/C32H45N3O6Si/c1-20-30(40-2)26-15-24(34-32(38)22-10-7-13-33-17-22)11-12-27(26)41-31(20)28(42(3,4)39)16-29(37)35-18-23-9-6-5-8-21(23)14-25(35)19-36/h5-6,8-9,11-12,15,20,22,25,28,30-31,33,36,39H,7,10,13-14,16-19H2,1-4H3,(H,34,38)/t20-,22?,25+,28?,30-,31-/m1/s1. The van der Waals surface area contributed by atoms with Crippen molar-refractivity contribution in [1.29, 1.82) is 0 Å². The maximum atomic E-state index is 13.9. The molecule has 0 radical (unpaired) electrons. The van der Waals surface area contributed by atoms with Crippen molar-refractivity contribution < 1.29 is 29.0 Å². The van der Waals surface area contributed by atoms with Gasteiger partial charge in [0.25, 0.3) is 0 Å². The number of anilines is 1. The average Bonchev–Trinajstić information content (AvgIpc) is 2.99. The van der Waals surface area contributed by atoms with E-state index >= 15 is 0 Å². The van der Waals surface area contributed by atoms with Crippen LogP contribution in [0.1, 0.15) is 49.0 Å². The van der Waals surface area contributed by atoms with E-state index in [4.69, 9.17) is 9.47 Å². The van der Waals surface area contributed by atoms with Crippen LogP contribution in [0.3, 0.4) is 0 Å². The lowest BCUT2D eigenvalue weighted by Gasteiger charge is -2.44. The predicted octanol–water partition coefficient (Wildman–Crippen LogP) is 3.61. The van der Waals surface area contributed by atoms with E-state index in [9.17, 15) is 19.5 Å². The molecule has 1 fully saturated rings. The molecule has 6 atom stereocenters. The van der Waals surface area contributed by atoms with Crippen LogP contribution >= 0.6 is 0 Å². The molecule has 2 unspecified atom stereocenters. The van der Waals surface area contributed by atoms with E-state index in [-0.39, 0.29) is 48.8 Å². The number of hydrogen-bond donors (Lipinski definition) is 4. The number of carbonyl (C=O) groups is 2. The normalized spacial score (nSPS) is 26.4. The van der Waals surface area contributed by atoms with Crippen molar-refractivity contribution in [2.24, 2.45) is 11.8 Å². The third-order valence-corrected chi connectivity index (χ3v) is 11.7. The summed E-state index contributed by atoms with van der Waals surface area (Å²) in [5.74, 6) is 0.337. The van der Waals surface area contributed by atoms with E-state index in [2.05, 4.69) is 16.7 Å². The number of nitrogens with zero attached hydrogens (tertiary/aromatic N) is 1. The molecule has 0 spiro atoms. The smallest absolute Gasteiger partial charge is 0.228 e. The molecule has 4 N–H and O–H groups in total. The molecule has 3 aliphatic heterocycles. The Balaban J connectivity index is 1.36. The highest BCUT2D eigenvalue weighted by atomic mass is 28.4. The molecule has 9 nitrogen and oxygen atoms in total. The summed E-state index contributed by atoms with van der Waals surface area (Å²) in [5.41, 5.74) is 3.39. The van der Waals surface area contributed by atoms with Gasteiger partial charge in [0, 0.05) is 49.3 Å². The summed E-state index contributed by atoms with van der Waals surface area (Å²) in [6, 6.07) is 13.3. The highest BCUT2D eigenvalue weighted by Crippen LogP contribution is 2.47. The van der Waals surface area contributed by atoms with E-state index < -0.39 is 20.0 Å². The van der Waals surface area contributed by atoms with Gasteiger partial charge < -0.3 is 34.9 Å². The first-order chi connectivity index (χ1) is 20.1. The molecule has 228 valence electrons. The SMILES string of the molecule is CO[C@H]1c2cc(NC(=O)C3CCCNC3)ccc2O[C@@H](C(CC(=O)N2Cc3ccccc3C[C@H]2CO)[Si](C)(C)O)[C@@H]1C. The van der Waals surface area contributed by atoms with Crippen LogP contribution in [0.4, 0.5) is 5.69 Å². The van der Waals surface area contributed by atoms with E-state index in [0.29, 0.717) is 30.9 Å². The van der Waals surface area contributed by atoms with Crippen molar-refractivity contribution in [1.82, 2.24) is 10.2 Å².